The molecule has 0 saturated carbocycles. The fraction of sp³-hybridized carbons (Fsp3) is 0.133. The van der Waals surface area contributed by atoms with Crippen molar-refractivity contribution in [2.24, 2.45) is 0 Å². The summed E-state index contributed by atoms with van der Waals surface area (Å²) < 4.78 is 26.4. The number of rotatable bonds is 2. The molecule has 1 amide bonds. The number of benzene rings is 2. The van der Waals surface area contributed by atoms with Crippen molar-refractivity contribution in [3.8, 4) is 5.75 Å². The number of amides is 1. The van der Waals surface area contributed by atoms with Gasteiger partial charge in [-0.05, 0) is 25.5 Å². The number of phenolic OH excluding ortho intramolecular Hbond substituents is 1. The number of carbonyl (C=O) groups excluding carboxylic acids is 1. The number of anilines is 1. The smallest absolute Gasteiger partial charge is 0.262 e. The molecule has 0 aliphatic heterocycles. The molecule has 20 heavy (non-hydrogen) atoms. The third-order valence-corrected chi connectivity index (χ3v) is 2.89. The lowest BCUT2D eigenvalue weighted by Crippen LogP contribution is -2.15. The van der Waals surface area contributed by atoms with Crippen molar-refractivity contribution in [1.29, 1.82) is 0 Å². The van der Waals surface area contributed by atoms with Gasteiger partial charge < -0.3 is 10.4 Å². The molecule has 0 spiro atoms. The van der Waals surface area contributed by atoms with Gasteiger partial charge in [0.1, 0.15) is 22.9 Å². The molecule has 0 aliphatic rings. The molecule has 0 radical (unpaired) electrons. The van der Waals surface area contributed by atoms with Crippen LogP contribution in [0.1, 0.15) is 21.5 Å². The Kier molecular flexibility index (Phi) is 3.70. The van der Waals surface area contributed by atoms with Crippen molar-refractivity contribution in [2.45, 2.75) is 13.8 Å². The van der Waals surface area contributed by atoms with Crippen molar-refractivity contribution in [2.75, 3.05) is 5.32 Å². The van der Waals surface area contributed by atoms with Gasteiger partial charge in [0.05, 0.1) is 0 Å². The first kappa shape index (κ1) is 14.0. The maximum Gasteiger partial charge on any atom is 0.262 e. The Hall–Kier alpha value is -2.43. The highest BCUT2D eigenvalue weighted by molar-refractivity contribution is 6.06. The molecular formula is C15H13F2NO2. The summed E-state index contributed by atoms with van der Waals surface area (Å²) in [5.74, 6) is -3.61. The minimum atomic E-state index is -1.11. The summed E-state index contributed by atoms with van der Waals surface area (Å²) in [7, 11) is 0. The molecule has 0 atom stereocenters. The minimum absolute atomic E-state index is 0.503. The Bertz CT molecular complexity index is 661. The van der Waals surface area contributed by atoms with Crippen LogP contribution in [0.15, 0.2) is 30.3 Å². The molecule has 5 heteroatoms. The molecule has 0 aromatic heterocycles. The largest absolute Gasteiger partial charge is 0.507 e. The molecular weight excluding hydrogens is 264 g/mol. The predicted octanol–water partition coefficient (Wildman–Crippen LogP) is 3.54. The van der Waals surface area contributed by atoms with Crippen molar-refractivity contribution in [1.82, 2.24) is 0 Å². The number of phenols is 1. The summed E-state index contributed by atoms with van der Waals surface area (Å²) in [6.07, 6.45) is 0. The van der Waals surface area contributed by atoms with Gasteiger partial charge in [0, 0.05) is 17.8 Å². The molecule has 3 nitrogen and oxygen atoms in total. The van der Waals surface area contributed by atoms with E-state index in [9.17, 15) is 18.7 Å². The van der Waals surface area contributed by atoms with Gasteiger partial charge in [-0.3, -0.25) is 4.79 Å². The third-order valence-electron chi connectivity index (χ3n) is 2.89. The molecule has 0 aliphatic carbocycles. The van der Waals surface area contributed by atoms with E-state index in [1.165, 1.54) is 0 Å². The number of aromatic hydroxyl groups is 1. The Morgan fingerprint density at radius 2 is 1.85 bits per heavy atom. The van der Waals surface area contributed by atoms with Crippen LogP contribution in [0, 0.1) is 25.5 Å². The maximum absolute atomic E-state index is 13.6. The molecule has 0 saturated heterocycles. The van der Waals surface area contributed by atoms with E-state index >= 15 is 0 Å². The second-order valence-corrected chi connectivity index (χ2v) is 4.55. The number of hydrogen-bond acceptors (Lipinski definition) is 2. The Balaban J connectivity index is 2.33. The average Bonchev–Trinajstić information content (AvgIpc) is 2.31. The Morgan fingerprint density at radius 3 is 2.45 bits per heavy atom. The van der Waals surface area contributed by atoms with E-state index < -0.39 is 28.9 Å². The van der Waals surface area contributed by atoms with Crippen LogP contribution in [-0.4, -0.2) is 11.0 Å². The van der Waals surface area contributed by atoms with Gasteiger partial charge in [0.15, 0.2) is 0 Å². The molecule has 2 N–H and O–H groups in total. The lowest BCUT2D eigenvalue weighted by atomic mass is 10.1. The highest BCUT2D eigenvalue weighted by Crippen LogP contribution is 2.24. The zero-order chi connectivity index (χ0) is 14.9. The van der Waals surface area contributed by atoms with Gasteiger partial charge in [-0.2, -0.15) is 0 Å². The Labute approximate surface area is 114 Å². The van der Waals surface area contributed by atoms with Gasteiger partial charge in [0.2, 0.25) is 0 Å². The lowest BCUT2D eigenvalue weighted by molar-refractivity contribution is 0.102. The molecule has 0 fully saturated rings. The topological polar surface area (TPSA) is 49.3 Å². The molecule has 0 bridgehead atoms. The summed E-state index contributed by atoms with van der Waals surface area (Å²) in [6.45, 7) is 3.70. The van der Waals surface area contributed by atoms with Crippen LogP contribution in [0.3, 0.4) is 0 Å². The fourth-order valence-electron chi connectivity index (χ4n) is 1.92. The van der Waals surface area contributed by atoms with Gasteiger partial charge in [-0.15, -0.1) is 0 Å². The molecule has 0 unspecified atom stereocenters. The van der Waals surface area contributed by atoms with Gasteiger partial charge in [-0.25, -0.2) is 8.78 Å². The monoisotopic (exact) mass is 277 g/mol. The normalized spacial score (nSPS) is 10.4. The zero-order valence-corrected chi connectivity index (χ0v) is 11.0. The van der Waals surface area contributed by atoms with Gasteiger partial charge in [-0.1, -0.05) is 17.7 Å². The Morgan fingerprint density at radius 1 is 1.15 bits per heavy atom. The van der Waals surface area contributed by atoms with Crippen LogP contribution in [-0.2, 0) is 0 Å². The van der Waals surface area contributed by atoms with Crippen LogP contribution in [0.5, 0.6) is 5.75 Å². The van der Waals surface area contributed by atoms with Crippen LogP contribution >= 0.6 is 0 Å². The van der Waals surface area contributed by atoms with Crippen molar-refractivity contribution >= 4 is 11.6 Å². The van der Waals surface area contributed by atoms with E-state index in [0.29, 0.717) is 17.8 Å². The first-order valence-electron chi connectivity index (χ1n) is 5.95. The standard InChI is InChI=1S/C15H13F2NO2/c1-8-3-4-12(9(2)5-8)18-15(20)14-11(17)6-10(16)7-13(14)19/h3-7,19H,1-2H3,(H,18,20). The molecule has 2 aromatic rings. The number of carbonyl (C=O) groups is 1. The summed E-state index contributed by atoms with van der Waals surface area (Å²) in [6, 6.07) is 6.58. The van der Waals surface area contributed by atoms with Crippen molar-refractivity contribution in [3.05, 3.63) is 58.7 Å². The van der Waals surface area contributed by atoms with E-state index in [2.05, 4.69) is 5.32 Å². The molecule has 104 valence electrons. The summed E-state index contributed by atoms with van der Waals surface area (Å²) in [5.41, 5.74) is 1.76. The number of hydrogen-bond donors (Lipinski definition) is 2. The summed E-state index contributed by atoms with van der Waals surface area (Å²) in [5, 5.41) is 12.0. The van der Waals surface area contributed by atoms with E-state index in [1.807, 2.05) is 13.0 Å². The van der Waals surface area contributed by atoms with Crippen molar-refractivity contribution < 1.29 is 18.7 Å². The second kappa shape index (κ2) is 5.28. The molecule has 2 rings (SSSR count). The van der Waals surface area contributed by atoms with E-state index in [1.54, 1.807) is 19.1 Å². The fourth-order valence-corrected chi connectivity index (χ4v) is 1.92. The highest BCUT2D eigenvalue weighted by Gasteiger charge is 2.19. The quantitative estimate of drug-likeness (QED) is 0.882. The predicted molar refractivity (Wildman–Crippen MR) is 71.9 cm³/mol. The third kappa shape index (κ3) is 2.77. The first-order chi connectivity index (χ1) is 9.38. The second-order valence-electron chi connectivity index (χ2n) is 4.55. The van der Waals surface area contributed by atoms with Crippen molar-refractivity contribution in [3.63, 3.8) is 0 Å². The van der Waals surface area contributed by atoms with Crippen LogP contribution in [0.4, 0.5) is 14.5 Å². The van der Waals surface area contributed by atoms with Gasteiger partial charge >= 0.3 is 0 Å². The van der Waals surface area contributed by atoms with Crippen LogP contribution in [0.25, 0.3) is 0 Å². The molecule has 0 heterocycles. The number of halogens is 2. The molecule has 2 aromatic carbocycles. The van der Waals surface area contributed by atoms with E-state index in [4.69, 9.17) is 0 Å². The number of aryl methyl sites for hydroxylation is 2. The van der Waals surface area contributed by atoms with Crippen LogP contribution < -0.4 is 5.32 Å². The number of nitrogens with one attached hydrogen (secondary N) is 1. The van der Waals surface area contributed by atoms with E-state index in [-0.39, 0.29) is 0 Å². The van der Waals surface area contributed by atoms with E-state index in [0.717, 1.165) is 11.1 Å². The summed E-state index contributed by atoms with van der Waals surface area (Å²) in [4.78, 5) is 12.0. The first-order valence-corrected chi connectivity index (χ1v) is 5.95. The SMILES string of the molecule is Cc1ccc(NC(=O)c2c(O)cc(F)cc2F)c(C)c1. The minimum Gasteiger partial charge on any atom is -0.507 e. The van der Waals surface area contributed by atoms with Gasteiger partial charge in [0.25, 0.3) is 5.91 Å². The zero-order valence-electron chi connectivity index (χ0n) is 11.0. The average molecular weight is 277 g/mol. The summed E-state index contributed by atoms with van der Waals surface area (Å²) >= 11 is 0. The highest BCUT2D eigenvalue weighted by atomic mass is 19.1. The lowest BCUT2D eigenvalue weighted by Gasteiger charge is -2.10. The van der Waals surface area contributed by atoms with Crippen LogP contribution in [0.2, 0.25) is 0 Å². The maximum atomic E-state index is 13.6.